The normalized spacial score (nSPS) is 42.8. The molecule has 5 nitrogen and oxygen atoms in total. The highest BCUT2D eigenvalue weighted by atomic mass is 16.5. The number of fused-ring (bicyclic) bond motifs is 5. The van der Waals surface area contributed by atoms with Gasteiger partial charge in [-0.1, -0.05) is 6.92 Å². The van der Waals surface area contributed by atoms with Crippen LogP contribution in [0.5, 0.6) is 0 Å². The van der Waals surface area contributed by atoms with Crippen molar-refractivity contribution >= 4 is 5.82 Å². The third kappa shape index (κ3) is 3.32. The second-order valence-electron chi connectivity index (χ2n) is 11.5. The van der Waals surface area contributed by atoms with Crippen molar-refractivity contribution in [2.24, 2.45) is 46.8 Å². The van der Waals surface area contributed by atoms with Gasteiger partial charge in [0.1, 0.15) is 17.5 Å². The molecule has 0 aromatic carbocycles. The standard InChI is InChI=1S/C26H40N4O/c1-16(30-25(28)19(13-27)14-29-30)23-8-9-24-22-7-5-18-12-17(15-31-3)4-6-20(18)21(22)10-11-26(23,24)2/h14,16-18,20-24H,4-12,15,28H2,1-3H3/t16-,17+,18-,20+,21?,22-,23?,24?,26-/m1/s1. The lowest BCUT2D eigenvalue weighted by molar-refractivity contribution is -0.0764. The summed E-state index contributed by atoms with van der Waals surface area (Å²) in [4.78, 5) is 0. The second kappa shape index (κ2) is 8.10. The first-order chi connectivity index (χ1) is 15.0. The summed E-state index contributed by atoms with van der Waals surface area (Å²) >= 11 is 0. The molecule has 2 N–H and O–H groups in total. The Bertz CT molecular complexity index is 843. The van der Waals surface area contributed by atoms with E-state index < -0.39 is 0 Å². The highest BCUT2D eigenvalue weighted by Gasteiger charge is 2.58. The van der Waals surface area contributed by atoms with Crippen molar-refractivity contribution in [3.63, 3.8) is 0 Å². The van der Waals surface area contributed by atoms with E-state index in [9.17, 15) is 5.26 Å². The van der Waals surface area contributed by atoms with Crippen molar-refractivity contribution in [2.75, 3.05) is 19.5 Å². The highest BCUT2D eigenvalue weighted by Crippen LogP contribution is 2.66. The van der Waals surface area contributed by atoms with Crippen LogP contribution in [0.1, 0.15) is 83.2 Å². The number of anilines is 1. The molecule has 0 radical (unpaired) electrons. The van der Waals surface area contributed by atoms with E-state index in [2.05, 4.69) is 25.0 Å². The first-order valence-corrected chi connectivity index (χ1v) is 12.7. The number of nitrogens with two attached hydrogens (primary N) is 1. The number of ether oxygens (including phenoxy) is 1. The van der Waals surface area contributed by atoms with Crippen molar-refractivity contribution in [1.82, 2.24) is 9.78 Å². The molecule has 170 valence electrons. The van der Waals surface area contributed by atoms with Gasteiger partial charge in [0.25, 0.3) is 0 Å². The Hall–Kier alpha value is -1.54. The van der Waals surface area contributed by atoms with Crippen LogP contribution in [0.25, 0.3) is 0 Å². The van der Waals surface area contributed by atoms with Gasteiger partial charge in [-0.25, -0.2) is 4.68 Å². The van der Waals surface area contributed by atoms with Crippen LogP contribution in [-0.2, 0) is 4.74 Å². The van der Waals surface area contributed by atoms with Crippen molar-refractivity contribution in [3.8, 4) is 6.07 Å². The van der Waals surface area contributed by atoms with Crippen LogP contribution in [-0.4, -0.2) is 23.5 Å². The second-order valence-corrected chi connectivity index (χ2v) is 11.5. The molecule has 1 aromatic rings. The summed E-state index contributed by atoms with van der Waals surface area (Å²) in [5.41, 5.74) is 7.17. The number of hydrogen-bond donors (Lipinski definition) is 1. The van der Waals surface area contributed by atoms with Crippen molar-refractivity contribution < 1.29 is 4.74 Å². The molecular weight excluding hydrogens is 384 g/mol. The average Bonchev–Trinajstić information content (AvgIpc) is 3.32. The molecule has 4 aliphatic rings. The van der Waals surface area contributed by atoms with E-state index in [1.54, 1.807) is 6.20 Å². The quantitative estimate of drug-likeness (QED) is 0.699. The number of methoxy groups -OCH3 is 1. The van der Waals surface area contributed by atoms with E-state index in [-0.39, 0.29) is 6.04 Å². The molecule has 5 rings (SSSR count). The van der Waals surface area contributed by atoms with E-state index >= 15 is 0 Å². The average molecular weight is 425 g/mol. The zero-order valence-electron chi connectivity index (χ0n) is 19.6. The maximum atomic E-state index is 9.30. The lowest BCUT2D eigenvalue weighted by Gasteiger charge is -2.56. The summed E-state index contributed by atoms with van der Waals surface area (Å²) in [6, 6.07) is 2.44. The van der Waals surface area contributed by atoms with Gasteiger partial charge in [-0.15, -0.1) is 0 Å². The molecule has 9 atom stereocenters. The first-order valence-electron chi connectivity index (χ1n) is 12.7. The maximum Gasteiger partial charge on any atom is 0.140 e. The summed E-state index contributed by atoms with van der Waals surface area (Å²) in [7, 11) is 1.86. The number of nitriles is 1. The van der Waals surface area contributed by atoms with Gasteiger partial charge in [-0.3, -0.25) is 0 Å². The Morgan fingerprint density at radius 1 is 1.19 bits per heavy atom. The van der Waals surface area contributed by atoms with Crippen LogP contribution in [0.15, 0.2) is 6.20 Å². The van der Waals surface area contributed by atoms with E-state index in [0.29, 0.717) is 22.7 Å². The molecule has 0 spiro atoms. The number of aromatic nitrogens is 2. The van der Waals surface area contributed by atoms with Crippen LogP contribution < -0.4 is 5.73 Å². The lowest BCUT2D eigenvalue weighted by Crippen LogP contribution is -2.49. The molecule has 0 aliphatic heterocycles. The predicted octanol–water partition coefficient (Wildman–Crippen LogP) is 5.43. The molecule has 4 fully saturated rings. The summed E-state index contributed by atoms with van der Waals surface area (Å²) in [6.07, 6.45) is 14.1. The van der Waals surface area contributed by atoms with Crippen LogP contribution in [0.2, 0.25) is 0 Å². The topological polar surface area (TPSA) is 76.9 Å². The molecule has 31 heavy (non-hydrogen) atoms. The van der Waals surface area contributed by atoms with Gasteiger partial charge < -0.3 is 10.5 Å². The number of rotatable bonds is 4. The summed E-state index contributed by atoms with van der Waals surface area (Å²) in [6.45, 7) is 5.82. The first kappa shape index (κ1) is 21.3. The van der Waals surface area contributed by atoms with Crippen LogP contribution in [0.3, 0.4) is 0 Å². The number of hydrogen-bond acceptors (Lipinski definition) is 4. The van der Waals surface area contributed by atoms with E-state index in [0.717, 1.165) is 42.1 Å². The van der Waals surface area contributed by atoms with Gasteiger partial charge >= 0.3 is 0 Å². The molecular formula is C26H40N4O. The summed E-state index contributed by atoms with van der Waals surface area (Å²) < 4.78 is 7.43. The monoisotopic (exact) mass is 424 g/mol. The molecule has 4 saturated carbocycles. The Labute approximate surface area is 187 Å². The lowest BCUT2D eigenvalue weighted by atomic mass is 9.49. The minimum atomic E-state index is 0.259. The fourth-order valence-electron chi connectivity index (χ4n) is 9.12. The summed E-state index contributed by atoms with van der Waals surface area (Å²) in [5.74, 6) is 6.58. The molecule has 0 saturated heterocycles. The van der Waals surface area contributed by atoms with Gasteiger partial charge in [-0.2, -0.15) is 10.4 Å². The maximum absolute atomic E-state index is 9.30. The molecule has 0 bridgehead atoms. The van der Waals surface area contributed by atoms with Gasteiger partial charge in [-0.05, 0) is 112 Å². The number of nitrogens with zero attached hydrogens (tertiary/aromatic N) is 3. The highest BCUT2D eigenvalue weighted by molar-refractivity contribution is 5.47. The zero-order chi connectivity index (χ0) is 21.8. The van der Waals surface area contributed by atoms with Crippen LogP contribution in [0, 0.1) is 58.2 Å². The third-order valence-electron chi connectivity index (χ3n) is 10.5. The van der Waals surface area contributed by atoms with Crippen molar-refractivity contribution in [3.05, 3.63) is 11.8 Å². The van der Waals surface area contributed by atoms with E-state index in [1.165, 1.54) is 57.8 Å². The largest absolute Gasteiger partial charge is 0.384 e. The van der Waals surface area contributed by atoms with Gasteiger partial charge in [0.2, 0.25) is 0 Å². The van der Waals surface area contributed by atoms with Gasteiger partial charge in [0.05, 0.1) is 12.2 Å². The smallest absolute Gasteiger partial charge is 0.140 e. The molecule has 4 aliphatic carbocycles. The van der Waals surface area contributed by atoms with E-state index in [1.807, 2.05) is 11.8 Å². The Morgan fingerprint density at radius 2 is 2.00 bits per heavy atom. The predicted molar refractivity (Wildman–Crippen MR) is 122 cm³/mol. The fraction of sp³-hybridized carbons (Fsp3) is 0.846. The van der Waals surface area contributed by atoms with Gasteiger partial charge in [0, 0.05) is 13.7 Å². The molecule has 0 amide bonds. The SMILES string of the molecule is COC[C@H]1CC[C@@H]2C3CC[C@@]4(C)C(CCC4[C@@H](C)n4ncc(C#N)c4N)[C@@H]3CC[C@@H]2C1. The van der Waals surface area contributed by atoms with Crippen LogP contribution in [0.4, 0.5) is 5.82 Å². The zero-order valence-corrected chi connectivity index (χ0v) is 19.6. The molecule has 3 unspecified atom stereocenters. The molecule has 1 heterocycles. The third-order valence-corrected chi connectivity index (χ3v) is 10.5. The number of nitrogen functional groups attached to an aromatic ring is 1. The van der Waals surface area contributed by atoms with Crippen molar-refractivity contribution in [1.29, 1.82) is 5.26 Å². The molecule has 5 heteroatoms. The van der Waals surface area contributed by atoms with Crippen LogP contribution >= 0.6 is 0 Å². The van der Waals surface area contributed by atoms with E-state index in [4.69, 9.17) is 10.5 Å². The Morgan fingerprint density at radius 3 is 2.74 bits per heavy atom. The van der Waals surface area contributed by atoms with Crippen molar-refractivity contribution in [2.45, 2.75) is 77.7 Å². The minimum Gasteiger partial charge on any atom is -0.384 e. The minimum absolute atomic E-state index is 0.259. The Kier molecular flexibility index (Phi) is 5.57. The van der Waals surface area contributed by atoms with Gasteiger partial charge in [0.15, 0.2) is 0 Å². The summed E-state index contributed by atoms with van der Waals surface area (Å²) in [5, 5.41) is 13.8. The fourth-order valence-corrected chi connectivity index (χ4v) is 9.12. The molecule has 1 aromatic heterocycles. The Balaban J connectivity index is 1.33.